The molecule has 2 aromatic carbocycles. The quantitative estimate of drug-likeness (QED) is 0.335. The van der Waals surface area contributed by atoms with E-state index in [-0.39, 0.29) is 0 Å². The Morgan fingerprint density at radius 1 is 1.03 bits per heavy atom. The molecule has 7 heteroatoms. The third-order valence-electron chi connectivity index (χ3n) is 5.08. The summed E-state index contributed by atoms with van der Waals surface area (Å²) in [6, 6.07) is 16.9. The van der Waals surface area contributed by atoms with E-state index in [1.165, 1.54) is 16.0 Å². The van der Waals surface area contributed by atoms with E-state index >= 15 is 0 Å². The highest BCUT2D eigenvalue weighted by Crippen LogP contribution is 2.17. The first-order valence-corrected chi connectivity index (χ1v) is 11.4. The molecule has 0 radical (unpaired) electrons. The van der Waals surface area contributed by atoms with Gasteiger partial charge in [0.05, 0.1) is 41.2 Å². The lowest BCUT2D eigenvalue weighted by atomic mass is 10.1. The van der Waals surface area contributed by atoms with E-state index in [1.54, 1.807) is 11.3 Å². The van der Waals surface area contributed by atoms with E-state index in [4.69, 9.17) is 4.99 Å². The molecule has 4 aromatic rings. The number of nitrogens with one attached hydrogen (secondary N) is 2. The number of guanidine groups is 1. The minimum Gasteiger partial charge on any atom is -0.357 e. The topological polar surface area (TPSA) is 67.1 Å². The molecule has 0 saturated carbocycles. The molecule has 6 nitrogen and oxygen atoms in total. The Bertz CT molecular complexity index is 1170. The lowest BCUT2D eigenvalue weighted by Crippen LogP contribution is -2.36. The van der Waals surface area contributed by atoms with Crippen LogP contribution in [-0.4, -0.2) is 27.0 Å². The van der Waals surface area contributed by atoms with Crippen LogP contribution in [0.4, 0.5) is 0 Å². The Morgan fingerprint density at radius 2 is 1.81 bits per heavy atom. The molecule has 0 spiro atoms. The molecule has 0 aliphatic rings. The second kappa shape index (κ2) is 9.75. The maximum atomic E-state index is 4.75. The fraction of sp³-hybridized carbons (Fsp3) is 0.292. The van der Waals surface area contributed by atoms with E-state index in [2.05, 4.69) is 75.4 Å². The van der Waals surface area contributed by atoms with Crippen LogP contribution in [0.25, 0.3) is 11.0 Å². The Balaban J connectivity index is 1.38. The summed E-state index contributed by atoms with van der Waals surface area (Å²) in [5.74, 6) is 0.821. The molecule has 0 saturated heterocycles. The maximum absolute atomic E-state index is 4.75. The van der Waals surface area contributed by atoms with Gasteiger partial charge in [0.2, 0.25) is 0 Å². The summed E-state index contributed by atoms with van der Waals surface area (Å²) in [7, 11) is 0. The zero-order chi connectivity index (χ0) is 21.6. The van der Waals surface area contributed by atoms with Crippen molar-refractivity contribution in [2.75, 3.05) is 6.54 Å². The molecule has 2 N–H and O–H groups in total. The van der Waals surface area contributed by atoms with E-state index in [0.29, 0.717) is 6.54 Å². The fourth-order valence-corrected chi connectivity index (χ4v) is 4.37. The minimum absolute atomic E-state index is 0.629. The number of aromatic nitrogens is 3. The highest BCUT2D eigenvalue weighted by Gasteiger charge is 2.06. The lowest BCUT2D eigenvalue weighted by molar-refractivity contribution is 0.816. The van der Waals surface area contributed by atoms with Gasteiger partial charge in [-0.1, -0.05) is 36.4 Å². The van der Waals surface area contributed by atoms with Crippen LogP contribution in [0, 0.1) is 13.8 Å². The highest BCUT2D eigenvalue weighted by atomic mass is 32.1. The number of thiazole rings is 1. The van der Waals surface area contributed by atoms with Crippen molar-refractivity contribution < 1.29 is 0 Å². The number of rotatable bonds is 7. The number of para-hydroxylation sites is 2. The molecule has 0 aliphatic heterocycles. The SMILES string of the molecule is CCNC(=NCc1ccc(Cn2cnc3ccccc32)cc1)NCc1sc(C)nc1C. The zero-order valence-corrected chi connectivity index (χ0v) is 19.0. The van der Waals surface area contributed by atoms with Crippen molar-refractivity contribution in [1.82, 2.24) is 25.2 Å². The number of aryl methyl sites for hydroxylation is 2. The molecular formula is C24H28N6S. The molecular weight excluding hydrogens is 404 g/mol. The Labute approximate surface area is 187 Å². The summed E-state index contributed by atoms with van der Waals surface area (Å²) in [4.78, 5) is 15.0. The first kappa shape index (κ1) is 21.1. The van der Waals surface area contributed by atoms with Crippen LogP contribution in [0.1, 0.15) is 33.6 Å². The van der Waals surface area contributed by atoms with Gasteiger partial charge in [0.25, 0.3) is 0 Å². The predicted molar refractivity (Wildman–Crippen MR) is 129 cm³/mol. The number of fused-ring (bicyclic) bond motifs is 1. The standard InChI is InChI=1S/C24H28N6S/c1-4-25-24(27-14-23-17(2)29-18(3)31-23)26-13-19-9-11-20(12-10-19)15-30-16-28-21-7-5-6-8-22(21)30/h5-12,16H,4,13-15H2,1-3H3,(H2,25,26,27). The highest BCUT2D eigenvalue weighted by molar-refractivity contribution is 7.11. The van der Waals surface area contributed by atoms with Crippen LogP contribution >= 0.6 is 11.3 Å². The zero-order valence-electron chi connectivity index (χ0n) is 18.2. The van der Waals surface area contributed by atoms with E-state index < -0.39 is 0 Å². The van der Waals surface area contributed by atoms with Crippen molar-refractivity contribution in [1.29, 1.82) is 0 Å². The van der Waals surface area contributed by atoms with Gasteiger partial charge in [-0.05, 0) is 44.0 Å². The molecule has 0 aliphatic carbocycles. The van der Waals surface area contributed by atoms with Crippen LogP contribution in [-0.2, 0) is 19.6 Å². The second-order valence-electron chi connectivity index (χ2n) is 7.47. The smallest absolute Gasteiger partial charge is 0.191 e. The van der Waals surface area contributed by atoms with E-state index in [1.807, 2.05) is 25.4 Å². The summed E-state index contributed by atoms with van der Waals surface area (Å²) in [6.07, 6.45) is 1.91. The predicted octanol–water partition coefficient (Wildman–Crippen LogP) is 4.41. The second-order valence-corrected chi connectivity index (χ2v) is 8.76. The van der Waals surface area contributed by atoms with Gasteiger partial charge < -0.3 is 15.2 Å². The molecule has 0 unspecified atom stereocenters. The lowest BCUT2D eigenvalue weighted by Gasteiger charge is -2.11. The van der Waals surface area contributed by atoms with E-state index in [9.17, 15) is 0 Å². The minimum atomic E-state index is 0.629. The first-order valence-electron chi connectivity index (χ1n) is 10.5. The van der Waals surface area contributed by atoms with Gasteiger partial charge in [0.15, 0.2) is 5.96 Å². The average molecular weight is 433 g/mol. The van der Waals surface area contributed by atoms with Crippen molar-refractivity contribution in [3.8, 4) is 0 Å². The van der Waals surface area contributed by atoms with Crippen LogP contribution in [0.15, 0.2) is 59.9 Å². The van der Waals surface area contributed by atoms with Crippen LogP contribution < -0.4 is 10.6 Å². The Kier molecular flexibility index (Phi) is 6.62. The van der Waals surface area contributed by atoms with Crippen molar-refractivity contribution in [3.05, 3.63) is 81.6 Å². The van der Waals surface area contributed by atoms with Gasteiger partial charge in [0, 0.05) is 18.0 Å². The molecule has 31 heavy (non-hydrogen) atoms. The van der Waals surface area contributed by atoms with Crippen LogP contribution in [0.3, 0.4) is 0 Å². The molecule has 160 valence electrons. The van der Waals surface area contributed by atoms with Gasteiger partial charge in [-0.2, -0.15) is 0 Å². The first-order chi connectivity index (χ1) is 15.1. The average Bonchev–Trinajstić information content (AvgIpc) is 3.33. The number of imidazole rings is 1. The molecule has 2 heterocycles. The molecule has 0 amide bonds. The summed E-state index contributed by atoms with van der Waals surface area (Å²) < 4.78 is 2.18. The van der Waals surface area contributed by atoms with Crippen molar-refractivity contribution in [2.45, 2.75) is 40.4 Å². The van der Waals surface area contributed by atoms with Crippen LogP contribution in [0.2, 0.25) is 0 Å². The largest absolute Gasteiger partial charge is 0.357 e. The Morgan fingerprint density at radius 3 is 2.55 bits per heavy atom. The number of aliphatic imine (C=N–C) groups is 1. The molecule has 0 atom stereocenters. The summed E-state index contributed by atoms with van der Waals surface area (Å²) in [5, 5.41) is 7.84. The van der Waals surface area contributed by atoms with Gasteiger partial charge in [-0.25, -0.2) is 15.0 Å². The number of benzene rings is 2. The number of hydrogen-bond donors (Lipinski definition) is 2. The summed E-state index contributed by atoms with van der Waals surface area (Å²) in [5.41, 5.74) is 5.70. The third kappa shape index (κ3) is 5.30. The Hall–Kier alpha value is -3.19. The number of hydrogen-bond acceptors (Lipinski definition) is 4. The fourth-order valence-electron chi connectivity index (χ4n) is 3.50. The summed E-state index contributed by atoms with van der Waals surface area (Å²) in [6.45, 7) is 9.17. The normalized spacial score (nSPS) is 11.8. The van der Waals surface area contributed by atoms with Crippen molar-refractivity contribution >= 4 is 28.3 Å². The van der Waals surface area contributed by atoms with Gasteiger partial charge in [-0.3, -0.25) is 0 Å². The molecule has 0 fully saturated rings. The van der Waals surface area contributed by atoms with E-state index in [0.717, 1.165) is 47.3 Å². The monoisotopic (exact) mass is 432 g/mol. The maximum Gasteiger partial charge on any atom is 0.191 e. The van der Waals surface area contributed by atoms with Gasteiger partial charge >= 0.3 is 0 Å². The van der Waals surface area contributed by atoms with Gasteiger partial charge in [0.1, 0.15) is 0 Å². The van der Waals surface area contributed by atoms with Gasteiger partial charge in [-0.15, -0.1) is 11.3 Å². The molecule has 4 rings (SSSR count). The third-order valence-corrected chi connectivity index (χ3v) is 6.16. The van der Waals surface area contributed by atoms with Crippen molar-refractivity contribution in [2.24, 2.45) is 4.99 Å². The number of nitrogens with zero attached hydrogens (tertiary/aromatic N) is 4. The molecule has 2 aromatic heterocycles. The van der Waals surface area contributed by atoms with Crippen molar-refractivity contribution in [3.63, 3.8) is 0 Å². The molecule has 0 bridgehead atoms. The summed E-state index contributed by atoms with van der Waals surface area (Å²) >= 11 is 1.73. The van der Waals surface area contributed by atoms with Crippen LogP contribution in [0.5, 0.6) is 0 Å².